The van der Waals surface area contributed by atoms with Gasteiger partial charge >= 0.3 is 0 Å². The van der Waals surface area contributed by atoms with E-state index >= 15 is 0 Å². The maximum atomic E-state index is 13.3. The number of halogens is 2. The highest BCUT2D eigenvalue weighted by Gasteiger charge is 2.12. The minimum Gasteiger partial charge on any atom is -0.357 e. The topological polar surface area (TPSA) is 42.1 Å². The van der Waals surface area contributed by atoms with Gasteiger partial charge in [0.05, 0.1) is 6.20 Å². The maximum absolute atomic E-state index is 13.3. The predicted octanol–water partition coefficient (Wildman–Crippen LogP) is 1.39. The van der Waals surface area contributed by atoms with Gasteiger partial charge in [0.25, 0.3) is 0 Å². The average Bonchev–Trinajstić information content (AvgIpc) is 2.17. The van der Waals surface area contributed by atoms with E-state index in [4.69, 9.17) is 5.73 Å². The number of anilines is 1. The molecule has 1 atom stereocenters. The van der Waals surface area contributed by atoms with Crippen LogP contribution in [0.15, 0.2) is 12.3 Å². The molecule has 0 aliphatic rings. The van der Waals surface area contributed by atoms with Crippen molar-refractivity contribution in [3.05, 3.63) is 23.9 Å². The van der Waals surface area contributed by atoms with Crippen molar-refractivity contribution in [1.29, 1.82) is 0 Å². The van der Waals surface area contributed by atoms with Gasteiger partial charge in [-0.05, 0) is 12.5 Å². The van der Waals surface area contributed by atoms with Crippen molar-refractivity contribution in [1.82, 2.24) is 4.98 Å². The summed E-state index contributed by atoms with van der Waals surface area (Å²) in [5, 5.41) is 0. The van der Waals surface area contributed by atoms with Gasteiger partial charge in [-0.25, -0.2) is 13.8 Å². The minimum atomic E-state index is -0.670. The first-order valence-corrected chi connectivity index (χ1v) is 4.76. The number of hydrogen-bond acceptors (Lipinski definition) is 3. The first-order valence-electron chi connectivity index (χ1n) is 4.76. The van der Waals surface area contributed by atoms with Crippen molar-refractivity contribution >= 4 is 5.82 Å². The summed E-state index contributed by atoms with van der Waals surface area (Å²) < 4.78 is 25.9. The first-order chi connectivity index (χ1) is 7.04. The summed E-state index contributed by atoms with van der Waals surface area (Å²) in [5.41, 5.74) is 5.46. The molecule has 84 valence electrons. The number of nitrogens with two attached hydrogens (primary N) is 1. The number of hydrogen-bond donors (Lipinski definition) is 1. The fourth-order valence-electron chi connectivity index (χ4n) is 1.32. The highest BCUT2D eigenvalue weighted by molar-refractivity contribution is 5.38. The summed E-state index contributed by atoms with van der Waals surface area (Å²) in [7, 11) is 1.70. The lowest BCUT2D eigenvalue weighted by molar-refractivity contribution is 0.551. The summed E-state index contributed by atoms with van der Waals surface area (Å²) in [6.07, 6.45) is 1.00. The van der Waals surface area contributed by atoms with Crippen LogP contribution in [0.3, 0.4) is 0 Å². The van der Waals surface area contributed by atoms with Crippen LogP contribution in [0, 0.1) is 17.6 Å². The predicted molar refractivity (Wildman–Crippen MR) is 55.6 cm³/mol. The molecule has 0 saturated carbocycles. The van der Waals surface area contributed by atoms with Crippen molar-refractivity contribution in [3.8, 4) is 0 Å². The van der Waals surface area contributed by atoms with Gasteiger partial charge < -0.3 is 10.6 Å². The molecule has 1 aromatic rings. The molecule has 0 aromatic carbocycles. The zero-order valence-electron chi connectivity index (χ0n) is 8.87. The van der Waals surface area contributed by atoms with Crippen LogP contribution in [0.5, 0.6) is 0 Å². The van der Waals surface area contributed by atoms with Crippen molar-refractivity contribution in [2.45, 2.75) is 6.92 Å². The standard InChI is InChI=1S/C10H15F2N3/c1-7(4-13)6-15(2)10-9(12)3-8(11)5-14-10/h3,5,7H,4,6,13H2,1-2H3. The molecule has 0 aliphatic carbocycles. The molecule has 1 rings (SSSR count). The van der Waals surface area contributed by atoms with Crippen LogP contribution in [0.1, 0.15) is 6.92 Å². The monoisotopic (exact) mass is 215 g/mol. The Kier molecular flexibility index (Phi) is 3.96. The Morgan fingerprint density at radius 1 is 1.53 bits per heavy atom. The molecule has 3 nitrogen and oxygen atoms in total. The van der Waals surface area contributed by atoms with Gasteiger partial charge in [0.1, 0.15) is 5.82 Å². The van der Waals surface area contributed by atoms with E-state index in [1.807, 2.05) is 6.92 Å². The smallest absolute Gasteiger partial charge is 0.168 e. The van der Waals surface area contributed by atoms with Crippen LogP contribution in [0.4, 0.5) is 14.6 Å². The third kappa shape index (κ3) is 3.13. The van der Waals surface area contributed by atoms with Gasteiger partial charge in [-0.15, -0.1) is 0 Å². The first kappa shape index (κ1) is 11.8. The number of pyridine rings is 1. The van der Waals surface area contributed by atoms with E-state index in [1.165, 1.54) is 0 Å². The Balaban J connectivity index is 2.77. The molecular weight excluding hydrogens is 200 g/mol. The van der Waals surface area contributed by atoms with E-state index in [2.05, 4.69) is 4.98 Å². The molecule has 1 aromatic heterocycles. The van der Waals surface area contributed by atoms with E-state index in [0.717, 1.165) is 12.3 Å². The Labute approximate surface area is 87.9 Å². The van der Waals surface area contributed by atoms with Gasteiger partial charge in [0, 0.05) is 19.7 Å². The van der Waals surface area contributed by atoms with Crippen LogP contribution in [0.25, 0.3) is 0 Å². The fourth-order valence-corrected chi connectivity index (χ4v) is 1.32. The van der Waals surface area contributed by atoms with E-state index in [-0.39, 0.29) is 11.7 Å². The Hall–Kier alpha value is -1.23. The van der Waals surface area contributed by atoms with Gasteiger partial charge in [-0.1, -0.05) is 6.92 Å². The molecule has 0 aliphatic heterocycles. The summed E-state index contributed by atoms with van der Waals surface area (Å²) >= 11 is 0. The van der Waals surface area contributed by atoms with Gasteiger partial charge in [-0.3, -0.25) is 0 Å². The molecule has 2 N–H and O–H groups in total. The zero-order valence-corrected chi connectivity index (χ0v) is 8.87. The van der Waals surface area contributed by atoms with Gasteiger partial charge in [0.15, 0.2) is 11.6 Å². The molecule has 1 unspecified atom stereocenters. The van der Waals surface area contributed by atoms with E-state index in [0.29, 0.717) is 13.1 Å². The van der Waals surface area contributed by atoms with Crippen LogP contribution >= 0.6 is 0 Å². The minimum absolute atomic E-state index is 0.150. The lowest BCUT2D eigenvalue weighted by Crippen LogP contribution is -2.29. The van der Waals surface area contributed by atoms with E-state index in [9.17, 15) is 8.78 Å². The van der Waals surface area contributed by atoms with Crippen molar-refractivity contribution in [2.24, 2.45) is 11.7 Å². The molecular formula is C10H15F2N3. The van der Waals surface area contributed by atoms with Gasteiger partial charge in [0.2, 0.25) is 0 Å². The number of rotatable bonds is 4. The lowest BCUT2D eigenvalue weighted by Gasteiger charge is -2.21. The number of nitrogens with zero attached hydrogens (tertiary/aromatic N) is 2. The van der Waals surface area contributed by atoms with Gasteiger partial charge in [-0.2, -0.15) is 0 Å². The quantitative estimate of drug-likeness (QED) is 0.825. The molecule has 1 heterocycles. The second-order valence-electron chi connectivity index (χ2n) is 3.68. The van der Waals surface area contributed by atoms with Crippen LogP contribution in [-0.2, 0) is 0 Å². The lowest BCUT2D eigenvalue weighted by atomic mass is 10.2. The van der Waals surface area contributed by atoms with Crippen LogP contribution in [0.2, 0.25) is 0 Å². The molecule has 0 radical (unpaired) electrons. The maximum Gasteiger partial charge on any atom is 0.168 e. The summed E-state index contributed by atoms with van der Waals surface area (Å²) in [6, 6.07) is 0.825. The fraction of sp³-hybridized carbons (Fsp3) is 0.500. The highest BCUT2D eigenvalue weighted by atomic mass is 19.1. The number of aromatic nitrogens is 1. The highest BCUT2D eigenvalue weighted by Crippen LogP contribution is 2.16. The summed E-state index contributed by atoms with van der Waals surface area (Å²) in [5.74, 6) is -0.934. The molecule has 0 amide bonds. The summed E-state index contributed by atoms with van der Waals surface area (Å²) in [4.78, 5) is 5.33. The Morgan fingerprint density at radius 3 is 2.73 bits per heavy atom. The second-order valence-corrected chi connectivity index (χ2v) is 3.68. The molecule has 0 fully saturated rings. The van der Waals surface area contributed by atoms with Crippen molar-refractivity contribution in [3.63, 3.8) is 0 Å². The van der Waals surface area contributed by atoms with E-state index < -0.39 is 11.6 Å². The molecule has 15 heavy (non-hydrogen) atoms. The second kappa shape index (κ2) is 5.02. The molecule has 0 spiro atoms. The van der Waals surface area contributed by atoms with E-state index in [1.54, 1.807) is 11.9 Å². The third-order valence-electron chi connectivity index (χ3n) is 2.14. The average molecular weight is 215 g/mol. The van der Waals surface area contributed by atoms with Crippen LogP contribution < -0.4 is 10.6 Å². The molecule has 0 saturated heterocycles. The third-order valence-corrected chi connectivity index (χ3v) is 2.14. The molecule has 5 heteroatoms. The van der Waals surface area contributed by atoms with Crippen molar-refractivity contribution < 1.29 is 8.78 Å². The normalized spacial score (nSPS) is 12.6. The molecule has 0 bridgehead atoms. The largest absolute Gasteiger partial charge is 0.357 e. The zero-order chi connectivity index (χ0) is 11.4. The Bertz CT molecular complexity index is 330. The van der Waals surface area contributed by atoms with Crippen molar-refractivity contribution in [2.75, 3.05) is 25.0 Å². The van der Waals surface area contributed by atoms with Crippen LogP contribution in [-0.4, -0.2) is 25.1 Å². The Morgan fingerprint density at radius 2 is 2.20 bits per heavy atom. The summed E-state index contributed by atoms with van der Waals surface area (Å²) in [6.45, 7) is 3.07. The SMILES string of the molecule is CC(CN)CN(C)c1ncc(F)cc1F.